The molecule has 1 aliphatic rings. The molecule has 1 aliphatic heterocycles. The second kappa shape index (κ2) is 6.48. The Kier molecular flexibility index (Phi) is 4.41. The summed E-state index contributed by atoms with van der Waals surface area (Å²) in [5.74, 6) is -0.428. The van der Waals surface area contributed by atoms with E-state index >= 15 is 0 Å². The molecule has 5 heteroatoms. The van der Waals surface area contributed by atoms with Crippen molar-refractivity contribution in [2.45, 2.75) is 32.4 Å². The van der Waals surface area contributed by atoms with E-state index in [2.05, 4.69) is 40.4 Å². The smallest absolute Gasteiger partial charge is 0.242 e. The Morgan fingerprint density at radius 1 is 1.13 bits per heavy atom. The van der Waals surface area contributed by atoms with E-state index in [4.69, 9.17) is 0 Å². The summed E-state index contributed by atoms with van der Waals surface area (Å²) in [6, 6.07) is 12.4. The maximum atomic E-state index is 13.1. The molecule has 3 rings (SSSR count). The number of anilines is 1. The van der Waals surface area contributed by atoms with Gasteiger partial charge in [0.25, 0.3) is 0 Å². The Morgan fingerprint density at radius 3 is 2.57 bits per heavy atom. The maximum Gasteiger partial charge on any atom is 0.242 e. The number of nitrogens with one attached hydrogen (secondary N) is 3. The van der Waals surface area contributed by atoms with E-state index in [0.29, 0.717) is 17.7 Å². The first-order valence-corrected chi connectivity index (χ1v) is 7.67. The molecule has 120 valence electrons. The molecule has 2 aromatic rings. The quantitative estimate of drug-likeness (QED) is 0.816. The first-order valence-electron chi connectivity index (χ1n) is 7.67. The van der Waals surface area contributed by atoms with Gasteiger partial charge in [-0.25, -0.2) is 15.2 Å². The molecule has 1 saturated heterocycles. The zero-order valence-corrected chi connectivity index (χ0v) is 13.2. The molecule has 0 aliphatic carbocycles. The lowest BCUT2D eigenvalue weighted by molar-refractivity contribution is -0.117. The van der Waals surface area contributed by atoms with Crippen LogP contribution >= 0.6 is 0 Å². The zero-order chi connectivity index (χ0) is 16.4. The van der Waals surface area contributed by atoms with Crippen molar-refractivity contribution in [3.63, 3.8) is 0 Å². The highest BCUT2D eigenvalue weighted by Gasteiger charge is 2.30. The van der Waals surface area contributed by atoms with Gasteiger partial charge in [0.1, 0.15) is 11.9 Å². The van der Waals surface area contributed by atoms with Crippen LogP contribution in [0.15, 0.2) is 42.5 Å². The molecule has 1 heterocycles. The summed E-state index contributed by atoms with van der Waals surface area (Å²) in [7, 11) is 0. The Bertz CT molecular complexity index is 715. The Hall–Kier alpha value is -2.24. The number of carbonyl (C=O) groups excluding carboxylic acids is 1. The molecule has 0 aromatic heterocycles. The monoisotopic (exact) mass is 313 g/mol. The molecule has 1 amide bonds. The molecule has 0 saturated carbocycles. The van der Waals surface area contributed by atoms with Crippen molar-refractivity contribution >= 4 is 11.6 Å². The second-order valence-corrected chi connectivity index (χ2v) is 5.99. The number of hydrogen-bond donors (Lipinski definition) is 3. The van der Waals surface area contributed by atoms with Gasteiger partial charge in [0.15, 0.2) is 0 Å². The highest BCUT2D eigenvalue weighted by atomic mass is 19.1. The van der Waals surface area contributed by atoms with Gasteiger partial charge in [0, 0.05) is 11.7 Å². The van der Waals surface area contributed by atoms with Crippen LogP contribution in [0.3, 0.4) is 0 Å². The van der Waals surface area contributed by atoms with Crippen molar-refractivity contribution in [1.29, 1.82) is 0 Å². The highest BCUT2D eigenvalue weighted by molar-refractivity contribution is 5.95. The van der Waals surface area contributed by atoms with Crippen LogP contribution < -0.4 is 16.2 Å². The third-order valence-electron chi connectivity index (χ3n) is 4.15. The third-order valence-corrected chi connectivity index (χ3v) is 4.15. The lowest BCUT2D eigenvalue weighted by Crippen LogP contribution is -2.39. The SMILES string of the molecule is Cc1ccc(C2CC(C(=O)Nc3ccc(F)cc3C)NN2)cc1. The van der Waals surface area contributed by atoms with Crippen LogP contribution in [0.2, 0.25) is 0 Å². The minimum atomic E-state index is -0.328. The van der Waals surface area contributed by atoms with E-state index in [1.165, 1.54) is 17.7 Å². The predicted octanol–water partition coefficient (Wildman–Crippen LogP) is 2.99. The fourth-order valence-electron chi connectivity index (χ4n) is 2.73. The summed E-state index contributed by atoms with van der Waals surface area (Å²) < 4.78 is 13.1. The van der Waals surface area contributed by atoms with Crippen LogP contribution in [0.1, 0.15) is 29.2 Å². The van der Waals surface area contributed by atoms with Gasteiger partial charge in [-0.05, 0) is 49.6 Å². The number of rotatable bonds is 3. The Morgan fingerprint density at radius 2 is 1.87 bits per heavy atom. The van der Waals surface area contributed by atoms with E-state index in [-0.39, 0.29) is 23.8 Å². The highest BCUT2D eigenvalue weighted by Crippen LogP contribution is 2.24. The minimum absolute atomic E-state index is 0.0978. The van der Waals surface area contributed by atoms with Gasteiger partial charge in [0.2, 0.25) is 5.91 Å². The molecule has 2 aromatic carbocycles. The third kappa shape index (κ3) is 3.57. The first-order chi connectivity index (χ1) is 11.0. The topological polar surface area (TPSA) is 53.2 Å². The van der Waals surface area contributed by atoms with E-state index in [9.17, 15) is 9.18 Å². The number of carbonyl (C=O) groups is 1. The van der Waals surface area contributed by atoms with Crippen molar-refractivity contribution in [1.82, 2.24) is 10.9 Å². The lowest BCUT2D eigenvalue weighted by Gasteiger charge is -2.12. The Balaban J connectivity index is 1.64. The number of amides is 1. The van der Waals surface area contributed by atoms with Crippen LogP contribution in [0.4, 0.5) is 10.1 Å². The van der Waals surface area contributed by atoms with Gasteiger partial charge in [-0.3, -0.25) is 4.79 Å². The van der Waals surface area contributed by atoms with Crippen molar-refractivity contribution in [2.75, 3.05) is 5.32 Å². The average Bonchev–Trinajstić information content (AvgIpc) is 3.01. The molecule has 1 fully saturated rings. The molecular weight excluding hydrogens is 293 g/mol. The molecule has 0 radical (unpaired) electrons. The zero-order valence-electron chi connectivity index (χ0n) is 13.2. The molecule has 0 spiro atoms. The summed E-state index contributed by atoms with van der Waals surface area (Å²) in [6.07, 6.45) is 0.662. The number of aryl methyl sites for hydroxylation is 2. The van der Waals surface area contributed by atoms with Crippen LogP contribution in [-0.4, -0.2) is 11.9 Å². The number of benzene rings is 2. The van der Waals surface area contributed by atoms with E-state index < -0.39 is 0 Å². The van der Waals surface area contributed by atoms with Gasteiger partial charge < -0.3 is 5.32 Å². The maximum absolute atomic E-state index is 13.1. The summed E-state index contributed by atoms with van der Waals surface area (Å²) in [4.78, 5) is 12.4. The van der Waals surface area contributed by atoms with Crippen molar-refractivity contribution in [3.05, 3.63) is 65.0 Å². The lowest BCUT2D eigenvalue weighted by atomic mass is 10.0. The second-order valence-electron chi connectivity index (χ2n) is 5.99. The molecule has 2 unspecified atom stereocenters. The fourth-order valence-corrected chi connectivity index (χ4v) is 2.73. The van der Waals surface area contributed by atoms with Gasteiger partial charge >= 0.3 is 0 Å². The number of hydrazine groups is 1. The van der Waals surface area contributed by atoms with Crippen molar-refractivity contribution in [3.8, 4) is 0 Å². The standard InChI is InChI=1S/C18H20FN3O/c1-11-3-5-13(6-4-11)16-10-17(22-21-16)18(23)20-15-8-7-14(19)9-12(15)2/h3-9,16-17,21-22H,10H2,1-2H3,(H,20,23). The summed E-state index contributed by atoms with van der Waals surface area (Å²) >= 11 is 0. The average molecular weight is 313 g/mol. The van der Waals surface area contributed by atoms with Gasteiger partial charge in [-0.1, -0.05) is 29.8 Å². The normalized spacial score (nSPS) is 20.5. The van der Waals surface area contributed by atoms with E-state index in [0.717, 1.165) is 5.56 Å². The van der Waals surface area contributed by atoms with Crippen LogP contribution in [0.5, 0.6) is 0 Å². The van der Waals surface area contributed by atoms with Gasteiger partial charge in [-0.2, -0.15) is 0 Å². The first kappa shape index (κ1) is 15.6. The fraction of sp³-hybridized carbons (Fsp3) is 0.278. The summed E-state index contributed by atoms with van der Waals surface area (Å²) in [5.41, 5.74) is 9.90. The number of halogens is 1. The summed E-state index contributed by atoms with van der Waals surface area (Å²) in [6.45, 7) is 3.82. The summed E-state index contributed by atoms with van der Waals surface area (Å²) in [5, 5.41) is 2.85. The van der Waals surface area contributed by atoms with Crippen molar-refractivity contribution in [2.24, 2.45) is 0 Å². The predicted molar refractivity (Wildman–Crippen MR) is 88.4 cm³/mol. The van der Waals surface area contributed by atoms with Crippen LogP contribution in [0.25, 0.3) is 0 Å². The van der Waals surface area contributed by atoms with E-state index in [1.807, 2.05) is 6.92 Å². The van der Waals surface area contributed by atoms with Crippen molar-refractivity contribution < 1.29 is 9.18 Å². The molecule has 23 heavy (non-hydrogen) atoms. The van der Waals surface area contributed by atoms with E-state index in [1.54, 1.807) is 13.0 Å². The number of hydrogen-bond acceptors (Lipinski definition) is 3. The van der Waals surface area contributed by atoms with Gasteiger partial charge in [-0.15, -0.1) is 0 Å². The van der Waals surface area contributed by atoms with Gasteiger partial charge in [0.05, 0.1) is 0 Å². The van der Waals surface area contributed by atoms with Crippen LogP contribution in [0, 0.1) is 19.7 Å². The largest absolute Gasteiger partial charge is 0.324 e. The molecule has 4 nitrogen and oxygen atoms in total. The Labute approximate surface area is 135 Å². The molecule has 3 N–H and O–H groups in total. The molecular formula is C18H20FN3O. The minimum Gasteiger partial charge on any atom is -0.324 e. The molecule has 2 atom stereocenters. The van der Waals surface area contributed by atoms with Crippen LogP contribution in [-0.2, 0) is 4.79 Å². The molecule has 0 bridgehead atoms.